The van der Waals surface area contributed by atoms with E-state index in [9.17, 15) is 9.59 Å². The average molecular weight is 356 g/mol. The Hall–Kier alpha value is -2.30. The first kappa shape index (κ1) is 18.5. The summed E-state index contributed by atoms with van der Waals surface area (Å²) in [6, 6.07) is 7.28. The molecule has 1 saturated heterocycles. The van der Waals surface area contributed by atoms with Gasteiger partial charge in [-0.3, -0.25) is 9.59 Å². The van der Waals surface area contributed by atoms with Gasteiger partial charge in [-0.25, -0.2) is 0 Å². The average Bonchev–Trinajstić information content (AvgIpc) is 2.67. The van der Waals surface area contributed by atoms with Crippen LogP contribution >= 0.6 is 0 Å². The first-order valence-electron chi connectivity index (χ1n) is 9.54. The summed E-state index contributed by atoms with van der Waals surface area (Å²) in [4.78, 5) is 27.9. The predicted molar refractivity (Wildman–Crippen MR) is 102 cm³/mol. The number of unbranched alkanes of at least 4 members (excludes halogenated alkanes) is 1. The normalized spacial score (nSPS) is 24.9. The molecule has 2 aliphatic rings. The van der Waals surface area contributed by atoms with Crippen LogP contribution < -0.4 is 10.1 Å². The molecule has 5 heteroatoms. The molecule has 5 nitrogen and oxygen atoms in total. The molecule has 1 heterocycles. The van der Waals surface area contributed by atoms with Crippen LogP contribution in [0.1, 0.15) is 32.6 Å². The summed E-state index contributed by atoms with van der Waals surface area (Å²) in [5.74, 6) is 0.473. The van der Waals surface area contributed by atoms with E-state index in [4.69, 9.17) is 4.74 Å². The van der Waals surface area contributed by atoms with Crippen molar-refractivity contribution in [1.82, 2.24) is 4.90 Å². The molecule has 1 aromatic rings. The smallest absolute Gasteiger partial charge is 0.228 e. The zero-order valence-electron chi connectivity index (χ0n) is 15.6. The van der Waals surface area contributed by atoms with Crippen LogP contribution in [0.15, 0.2) is 36.4 Å². The molecule has 26 heavy (non-hydrogen) atoms. The number of ether oxygens (including phenoxy) is 1. The van der Waals surface area contributed by atoms with Gasteiger partial charge in [0.05, 0.1) is 18.9 Å². The fourth-order valence-electron chi connectivity index (χ4n) is 3.97. The Balaban J connectivity index is 1.71. The van der Waals surface area contributed by atoms with Crippen molar-refractivity contribution in [2.45, 2.75) is 32.6 Å². The molecule has 0 spiro atoms. The summed E-state index contributed by atoms with van der Waals surface area (Å²) in [5, 5.41) is 2.98. The fraction of sp³-hybridized carbons (Fsp3) is 0.524. The van der Waals surface area contributed by atoms with Crippen molar-refractivity contribution in [1.29, 1.82) is 0 Å². The topological polar surface area (TPSA) is 58.6 Å². The van der Waals surface area contributed by atoms with Crippen molar-refractivity contribution in [2.24, 2.45) is 17.8 Å². The van der Waals surface area contributed by atoms with E-state index in [2.05, 4.69) is 24.4 Å². The van der Waals surface area contributed by atoms with Gasteiger partial charge in [-0.1, -0.05) is 25.5 Å². The molecular formula is C21H28N2O3. The number of piperidine rings is 1. The van der Waals surface area contributed by atoms with Gasteiger partial charge in [0.2, 0.25) is 11.8 Å². The minimum absolute atomic E-state index is 0.0693. The third kappa shape index (κ3) is 3.92. The number of nitrogens with zero attached hydrogens (tertiary/aromatic N) is 1. The highest BCUT2D eigenvalue weighted by Crippen LogP contribution is 2.38. The van der Waals surface area contributed by atoms with Gasteiger partial charge in [-0.05, 0) is 49.4 Å². The van der Waals surface area contributed by atoms with Crippen LogP contribution in [0.2, 0.25) is 0 Å². The van der Waals surface area contributed by atoms with E-state index in [1.807, 2.05) is 29.2 Å². The Morgan fingerprint density at radius 3 is 2.77 bits per heavy atom. The lowest BCUT2D eigenvalue weighted by atomic mass is 9.71. The zero-order chi connectivity index (χ0) is 18.5. The van der Waals surface area contributed by atoms with Crippen LogP contribution in [0.3, 0.4) is 0 Å². The van der Waals surface area contributed by atoms with Crippen LogP contribution in [0.25, 0.3) is 0 Å². The highest BCUT2D eigenvalue weighted by molar-refractivity contribution is 5.96. The van der Waals surface area contributed by atoms with E-state index < -0.39 is 0 Å². The number of hydrogen-bond acceptors (Lipinski definition) is 3. The number of carbonyl (C=O) groups is 2. The number of hydrogen-bond donors (Lipinski definition) is 1. The second kappa shape index (κ2) is 8.39. The number of fused-ring (bicyclic) bond motifs is 1. The molecule has 2 amide bonds. The Morgan fingerprint density at radius 1 is 1.31 bits per heavy atom. The lowest BCUT2D eigenvalue weighted by Gasteiger charge is -2.41. The Labute approximate surface area is 155 Å². The van der Waals surface area contributed by atoms with Crippen LogP contribution in [-0.4, -0.2) is 36.9 Å². The fourth-order valence-corrected chi connectivity index (χ4v) is 3.97. The van der Waals surface area contributed by atoms with Crippen LogP contribution in [0, 0.1) is 17.8 Å². The quantitative estimate of drug-likeness (QED) is 0.794. The molecule has 0 unspecified atom stereocenters. The summed E-state index contributed by atoms with van der Waals surface area (Å²) < 4.78 is 5.15. The number of carbonyl (C=O) groups excluding carboxylic acids is 2. The van der Waals surface area contributed by atoms with Gasteiger partial charge in [-0.2, -0.15) is 0 Å². The second-order valence-electron chi connectivity index (χ2n) is 7.15. The van der Waals surface area contributed by atoms with E-state index in [1.165, 1.54) is 0 Å². The van der Waals surface area contributed by atoms with Crippen LogP contribution in [0.4, 0.5) is 5.69 Å². The van der Waals surface area contributed by atoms with Crippen LogP contribution in [0.5, 0.6) is 5.75 Å². The molecule has 0 saturated carbocycles. The number of rotatable bonds is 6. The first-order valence-corrected chi connectivity index (χ1v) is 9.54. The minimum atomic E-state index is -0.302. The van der Waals surface area contributed by atoms with Gasteiger partial charge >= 0.3 is 0 Å². The lowest BCUT2D eigenvalue weighted by Crippen LogP contribution is -2.51. The predicted octanol–water partition coefficient (Wildman–Crippen LogP) is 3.47. The molecule has 1 aliphatic heterocycles. The molecule has 3 atom stereocenters. The SMILES string of the molecule is CCCCN1CC[C@H]2C=CC[C@@H](C(=O)Nc3ccc(OC)cc3)[C@H]2C1=O. The van der Waals surface area contributed by atoms with Gasteiger partial charge in [0.15, 0.2) is 0 Å². The van der Waals surface area contributed by atoms with Crippen molar-refractivity contribution in [3.63, 3.8) is 0 Å². The van der Waals surface area contributed by atoms with Crippen molar-refractivity contribution in [3.8, 4) is 5.75 Å². The first-order chi connectivity index (χ1) is 12.6. The Bertz CT molecular complexity index is 668. The minimum Gasteiger partial charge on any atom is -0.497 e. The van der Waals surface area contributed by atoms with E-state index in [0.29, 0.717) is 6.42 Å². The third-order valence-electron chi connectivity index (χ3n) is 5.47. The van der Waals surface area contributed by atoms with E-state index in [-0.39, 0.29) is 29.6 Å². The van der Waals surface area contributed by atoms with Crippen molar-refractivity contribution in [3.05, 3.63) is 36.4 Å². The number of anilines is 1. The van der Waals surface area contributed by atoms with Gasteiger partial charge < -0.3 is 15.0 Å². The molecule has 0 radical (unpaired) electrons. The van der Waals surface area contributed by atoms with E-state index >= 15 is 0 Å². The summed E-state index contributed by atoms with van der Waals surface area (Å²) >= 11 is 0. The monoisotopic (exact) mass is 356 g/mol. The third-order valence-corrected chi connectivity index (χ3v) is 5.47. The molecule has 0 aromatic heterocycles. The van der Waals surface area contributed by atoms with Crippen molar-refractivity contribution in [2.75, 3.05) is 25.5 Å². The lowest BCUT2D eigenvalue weighted by molar-refractivity contribution is -0.146. The number of benzene rings is 1. The van der Waals surface area contributed by atoms with Gasteiger partial charge in [0.1, 0.15) is 5.75 Å². The van der Waals surface area contributed by atoms with E-state index in [0.717, 1.165) is 43.8 Å². The molecule has 1 aromatic carbocycles. The molecular weight excluding hydrogens is 328 g/mol. The van der Waals surface area contributed by atoms with Crippen LogP contribution in [-0.2, 0) is 9.59 Å². The molecule has 0 bridgehead atoms. The molecule has 1 aliphatic carbocycles. The van der Waals surface area contributed by atoms with Gasteiger partial charge in [0.25, 0.3) is 0 Å². The number of methoxy groups -OCH3 is 1. The summed E-state index contributed by atoms with van der Waals surface area (Å²) in [5.41, 5.74) is 0.730. The van der Waals surface area contributed by atoms with Gasteiger partial charge in [0, 0.05) is 18.8 Å². The van der Waals surface area contributed by atoms with Gasteiger partial charge in [-0.15, -0.1) is 0 Å². The highest BCUT2D eigenvalue weighted by Gasteiger charge is 2.44. The second-order valence-corrected chi connectivity index (χ2v) is 7.15. The number of nitrogens with one attached hydrogen (secondary N) is 1. The number of allylic oxidation sites excluding steroid dienone is 2. The maximum atomic E-state index is 13.0. The standard InChI is InChI=1S/C21H28N2O3/c1-3-4-13-23-14-12-15-6-5-7-18(19(15)21(23)25)20(24)22-16-8-10-17(26-2)11-9-16/h5-6,8-11,15,18-19H,3-4,7,12-14H2,1-2H3,(H,22,24)/t15-,18-,19+/m1/s1. The molecule has 140 valence electrons. The highest BCUT2D eigenvalue weighted by atomic mass is 16.5. The Kier molecular flexibility index (Phi) is 5.96. The molecule has 3 rings (SSSR count). The summed E-state index contributed by atoms with van der Waals surface area (Å²) in [7, 11) is 1.61. The maximum absolute atomic E-state index is 13.0. The molecule has 1 N–H and O–H groups in total. The largest absolute Gasteiger partial charge is 0.497 e. The number of amides is 2. The van der Waals surface area contributed by atoms with E-state index in [1.54, 1.807) is 7.11 Å². The number of likely N-dealkylation sites (tertiary alicyclic amines) is 1. The Morgan fingerprint density at radius 2 is 2.08 bits per heavy atom. The summed E-state index contributed by atoms with van der Waals surface area (Å²) in [6.07, 6.45) is 7.85. The summed E-state index contributed by atoms with van der Waals surface area (Å²) in [6.45, 7) is 3.73. The zero-order valence-corrected chi connectivity index (χ0v) is 15.6. The molecule has 1 fully saturated rings. The maximum Gasteiger partial charge on any atom is 0.228 e. The van der Waals surface area contributed by atoms with Crippen molar-refractivity contribution < 1.29 is 14.3 Å². The van der Waals surface area contributed by atoms with Crippen molar-refractivity contribution >= 4 is 17.5 Å².